The van der Waals surface area contributed by atoms with Gasteiger partial charge in [0.2, 0.25) is 6.29 Å². The molecule has 1 aliphatic rings. The molecule has 0 saturated carbocycles. The van der Waals surface area contributed by atoms with E-state index in [9.17, 15) is 40.5 Å². The minimum atomic E-state index is -1.75. The molecule has 36 heavy (non-hydrogen) atoms. The van der Waals surface area contributed by atoms with Crippen LogP contribution in [0.3, 0.4) is 0 Å². The largest absolute Gasteiger partial charge is 0.508 e. The molecule has 2 aromatic rings. The van der Waals surface area contributed by atoms with Gasteiger partial charge in [0, 0.05) is 19.0 Å². The van der Waals surface area contributed by atoms with Gasteiger partial charge < -0.3 is 50.1 Å². The van der Waals surface area contributed by atoms with Crippen molar-refractivity contribution in [2.45, 2.75) is 57.0 Å². The zero-order valence-electron chi connectivity index (χ0n) is 20.1. The topological polar surface area (TPSA) is 180 Å². The maximum Gasteiger partial charge on any atom is 0.229 e. The molecule has 5 atom stereocenters. The first-order chi connectivity index (χ1) is 17.1. The first kappa shape index (κ1) is 27.7. The minimum Gasteiger partial charge on any atom is -0.508 e. The third-order valence-electron chi connectivity index (χ3n) is 6.26. The van der Waals surface area contributed by atoms with Crippen LogP contribution in [0, 0.1) is 0 Å². The standard InChI is InChI=1S/C25H33NO10/c1-3-26(2)11-15-17(30)10-18(35-25-24(34)23(33)22(32)19(12-27)36-25)20(21(15)31)16(29)9-6-13-4-7-14(28)8-5-13/h4-5,7-8,10,19,22-25,27-28,30-34H,3,6,9,11-12H2,1-2H3/t19-,22-,23+,24-,25-/m1/s1. The van der Waals surface area contributed by atoms with Gasteiger partial charge in [0.25, 0.3) is 0 Å². The molecule has 2 aromatic carbocycles. The van der Waals surface area contributed by atoms with Gasteiger partial charge in [0.1, 0.15) is 53.0 Å². The predicted molar refractivity (Wildman–Crippen MR) is 127 cm³/mol. The summed E-state index contributed by atoms with van der Waals surface area (Å²) in [6.45, 7) is 1.94. The second kappa shape index (κ2) is 11.9. The lowest BCUT2D eigenvalue weighted by Crippen LogP contribution is -2.60. The molecule has 0 aromatic heterocycles. The highest BCUT2D eigenvalue weighted by Gasteiger charge is 2.45. The molecule has 0 amide bonds. The third kappa shape index (κ3) is 6.06. The highest BCUT2D eigenvalue weighted by molar-refractivity contribution is 6.02. The van der Waals surface area contributed by atoms with Crippen molar-refractivity contribution >= 4 is 5.78 Å². The zero-order valence-corrected chi connectivity index (χ0v) is 20.1. The van der Waals surface area contributed by atoms with Crippen LogP contribution in [-0.4, -0.2) is 97.3 Å². The molecule has 0 unspecified atom stereocenters. The molecule has 7 N–H and O–H groups in total. The van der Waals surface area contributed by atoms with E-state index in [1.165, 1.54) is 12.1 Å². The van der Waals surface area contributed by atoms with Crippen molar-refractivity contribution < 1.29 is 50.0 Å². The summed E-state index contributed by atoms with van der Waals surface area (Å²) in [5, 5.41) is 71.0. The molecule has 1 heterocycles. The van der Waals surface area contributed by atoms with Crippen molar-refractivity contribution in [3.05, 3.63) is 47.0 Å². The maximum atomic E-state index is 13.3. The van der Waals surface area contributed by atoms with Crippen LogP contribution in [0.2, 0.25) is 0 Å². The van der Waals surface area contributed by atoms with Gasteiger partial charge in [-0.1, -0.05) is 19.1 Å². The molecule has 0 bridgehead atoms. The molecule has 1 aliphatic heterocycles. The SMILES string of the molecule is CCN(C)Cc1c(O)cc(O[C@@H]2O[C@H](CO)[C@@H](O)[C@H](O)[C@H]2O)c(C(=O)CCc2ccc(O)cc2)c1O. The summed E-state index contributed by atoms with van der Waals surface area (Å²) >= 11 is 0. The minimum absolute atomic E-state index is 0.0583. The lowest BCUT2D eigenvalue weighted by atomic mass is 9.97. The lowest BCUT2D eigenvalue weighted by Gasteiger charge is -2.39. The van der Waals surface area contributed by atoms with Gasteiger partial charge in [-0.05, 0) is 37.7 Å². The summed E-state index contributed by atoms with van der Waals surface area (Å²) in [5.41, 5.74) is 0.623. The number of hydrogen-bond acceptors (Lipinski definition) is 11. The lowest BCUT2D eigenvalue weighted by molar-refractivity contribution is -0.277. The third-order valence-corrected chi connectivity index (χ3v) is 6.26. The Bertz CT molecular complexity index is 1040. The Balaban J connectivity index is 1.96. The Hall–Kier alpha value is -2.93. The quantitative estimate of drug-likeness (QED) is 0.219. The molecule has 1 saturated heterocycles. The Kier molecular flexibility index (Phi) is 9.12. The maximum absolute atomic E-state index is 13.3. The van der Waals surface area contributed by atoms with Crippen molar-refractivity contribution in [2.75, 3.05) is 20.2 Å². The first-order valence-electron chi connectivity index (χ1n) is 11.6. The van der Waals surface area contributed by atoms with E-state index >= 15 is 0 Å². The van der Waals surface area contributed by atoms with E-state index in [4.69, 9.17) is 9.47 Å². The van der Waals surface area contributed by atoms with Crippen LogP contribution in [0.5, 0.6) is 23.0 Å². The van der Waals surface area contributed by atoms with E-state index < -0.39 is 48.8 Å². The molecule has 11 heteroatoms. The molecule has 0 aliphatic carbocycles. The van der Waals surface area contributed by atoms with Gasteiger partial charge >= 0.3 is 0 Å². The van der Waals surface area contributed by atoms with Crippen LogP contribution in [0.4, 0.5) is 0 Å². The second-order valence-electron chi connectivity index (χ2n) is 8.83. The second-order valence-corrected chi connectivity index (χ2v) is 8.83. The number of aliphatic hydroxyl groups is 4. The van der Waals surface area contributed by atoms with Crippen LogP contribution in [0.1, 0.15) is 34.8 Å². The van der Waals surface area contributed by atoms with Gasteiger partial charge in [0.15, 0.2) is 5.78 Å². The fourth-order valence-corrected chi connectivity index (χ4v) is 3.91. The van der Waals surface area contributed by atoms with E-state index in [0.29, 0.717) is 6.54 Å². The smallest absolute Gasteiger partial charge is 0.229 e. The number of phenols is 3. The van der Waals surface area contributed by atoms with Crippen LogP contribution < -0.4 is 4.74 Å². The molecule has 198 valence electrons. The first-order valence-corrected chi connectivity index (χ1v) is 11.6. The van der Waals surface area contributed by atoms with Gasteiger partial charge in [-0.15, -0.1) is 0 Å². The van der Waals surface area contributed by atoms with Crippen LogP contribution in [-0.2, 0) is 17.7 Å². The van der Waals surface area contributed by atoms with Crippen molar-refractivity contribution in [1.29, 1.82) is 0 Å². The van der Waals surface area contributed by atoms with E-state index in [1.54, 1.807) is 24.1 Å². The average Bonchev–Trinajstić information content (AvgIpc) is 2.86. The van der Waals surface area contributed by atoms with Crippen molar-refractivity contribution in [1.82, 2.24) is 4.90 Å². The van der Waals surface area contributed by atoms with Gasteiger partial charge in [-0.25, -0.2) is 0 Å². The number of Topliss-reactive ketones (excluding diaryl/α,β-unsaturated/α-hetero) is 1. The predicted octanol–water partition coefficient (Wildman–Crippen LogP) is 0.249. The highest BCUT2D eigenvalue weighted by Crippen LogP contribution is 2.41. The molecule has 3 rings (SSSR count). The number of carbonyl (C=O) groups excluding carboxylic acids is 1. The van der Waals surface area contributed by atoms with Crippen molar-refractivity contribution in [2.24, 2.45) is 0 Å². The number of nitrogens with zero attached hydrogens (tertiary/aromatic N) is 1. The normalized spacial score (nSPS) is 24.1. The number of phenolic OH excluding ortho intramolecular Hbond substituents is 3. The van der Waals surface area contributed by atoms with Crippen LogP contribution in [0.25, 0.3) is 0 Å². The zero-order chi connectivity index (χ0) is 26.6. The fraction of sp³-hybridized carbons (Fsp3) is 0.480. The number of hydrogen-bond donors (Lipinski definition) is 7. The van der Waals surface area contributed by atoms with E-state index in [-0.39, 0.29) is 47.8 Å². The van der Waals surface area contributed by atoms with Gasteiger partial charge in [-0.2, -0.15) is 0 Å². The molecular formula is C25H33NO10. The van der Waals surface area contributed by atoms with Gasteiger partial charge in [-0.3, -0.25) is 4.79 Å². The fourth-order valence-electron chi connectivity index (χ4n) is 3.91. The van der Waals surface area contributed by atoms with Crippen molar-refractivity contribution in [3.63, 3.8) is 0 Å². The number of ketones is 1. The van der Waals surface area contributed by atoms with Gasteiger partial charge in [0.05, 0.1) is 12.2 Å². The molecule has 11 nitrogen and oxygen atoms in total. The van der Waals surface area contributed by atoms with Crippen LogP contribution >= 0.6 is 0 Å². The Morgan fingerprint density at radius 2 is 1.72 bits per heavy atom. The summed E-state index contributed by atoms with van der Waals surface area (Å²) in [7, 11) is 1.77. The molecule has 1 fully saturated rings. The Labute approximate surface area is 208 Å². The van der Waals surface area contributed by atoms with E-state index in [0.717, 1.165) is 11.6 Å². The summed E-state index contributed by atoms with van der Waals surface area (Å²) < 4.78 is 11.0. The number of aryl methyl sites for hydroxylation is 1. The molecule has 0 radical (unpaired) electrons. The van der Waals surface area contributed by atoms with E-state index in [1.807, 2.05) is 6.92 Å². The Morgan fingerprint density at radius 1 is 1.06 bits per heavy atom. The summed E-state index contributed by atoms with van der Waals surface area (Å²) in [6.07, 6.45) is -7.72. The molecular weight excluding hydrogens is 474 g/mol. The molecule has 0 spiro atoms. The van der Waals surface area contributed by atoms with Crippen LogP contribution in [0.15, 0.2) is 30.3 Å². The number of aromatic hydroxyl groups is 3. The highest BCUT2D eigenvalue weighted by atomic mass is 16.7. The summed E-state index contributed by atoms with van der Waals surface area (Å²) in [5.74, 6) is -1.59. The summed E-state index contributed by atoms with van der Waals surface area (Å²) in [4.78, 5) is 15.1. The monoisotopic (exact) mass is 507 g/mol. The average molecular weight is 508 g/mol. The van der Waals surface area contributed by atoms with E-state index in [2.05, 4.69) is 0 Å². The number of rotatable bonds is 10. The number of ether oxygens (including phenoxy) is 2. The number of benzene rings is 2. The van der Waals surface area contributed by atoms with Crippen molar-refractivity contribution in [3.8, 4) is 23.0 Å². The Morgan fingerprint density at radius 3 is 2.33 bits per heavy atom. The number of carbonyl (C=O) groups is 1. The summed E-state index contributed by atoms with van der Waals surface area (Å²) in [6, 6.07) is 7.42. The number of aliphatic hydroxyl groups excluding tert-OH is 4.